The number of imide groups is 1. The van der Waals surface area contributed by atoms with E-state index in [1.54, 1.807) is 12.1 Å². The van der Waals surface area contributed by atoms with Gasteiger partial charge >= 0.3 is 5.97 Å². The van der Waals surface area contributed by atoms with Crippen molar-refractivity contribution in [3.63, 3.8) is 0 Å². The van der Waals surface area contributed by atoms with Crippen molar-refractivity contribution in [2.45, 2.75) is 13.3 Å². The maximum Gasteiger partial charge on any atom is 0.337 e. The highest BCUT2D eigenvalue weighted by Crippen LogP contribution is 2.31. The van der Waals surface area contributed by atoms with Crippen molar-refractivity contribution >= 4 is 40.8 Å². The summed E-state index contributed by atoms with van der Waals surface area (Å²) in [6.45, 7) is 1.99. The molecule has 27 heavy (non-hydrogen) atoms. The van der Waals surface area contributed by atoms with Gasteiger partial charge in [0.15, 0.2) is 0 Å². The van der Waals surface area contributed by atoms with Gasteiger partial charge in [-0.1, -0.05) is 42.8 Å². The topological polar surface area (TPSA) is 75.7 Å². The maximum atomic E-state index is 12.9. The number of amides is 2. The van der Waals surface area contributed by atoms with Crippen LogP contribution in [-0.4, -0.2) is 24.9 Å². The Morgan fingerprint density at radius 2 is 1.85 bits per heavy atom. The fourth-order valence-electron chi connectivity index (χ4n) is 2.82. The van der Waals surface area contributed by atoms with Gasteiger partial charge in [-0.05, 0) is 36.2 Å². The highest BCUT2D eigenvalue weighted by molar-refractivity contribution is 6.53. The molecule has 3 rings (SSSR count). The predicted molar refractivity (Wildman–Crippen MR) is 103 cm³/mol. The van der Waals surface area contributed by atoms with Crippen molar-refractivity contribution in [2.75, 3.05) is 17.3 Å². The lowest BCUT2D eigenvalue weighted by atomic mass is 10.1. The quantitative estimate of drug-likeness (QED) is 0.631. The summed E-state index contributed by atoms with van der Waals surface area (Å²) in [5.41, 5.74) is 2.17. The highest BCUT2D eigenvalue weighted by Gasteiger charge is 2.39. The van der Waals surface area contributed by atoms with Crippen LogP contribution in [0.15, 0.2) is 59.3 Å². The largest absolute Gasteiger partial charge is 0.465 e. The molecule has 0 aliphatic carbocycles. The normalized spacial score (nSPS) is 14.0. The maximum absolute atomic E-state index is 12.9. The lowest BCUT2D eigenvalue weighted by Gasteiger charge is -2.16. The van der Waals surface area contributed by atoms with Gasteiger partial charge in [0.25, 0.3) is 11.8 Å². The number of hydrogen-bond acceptors (Lipinski definition) is 5. The van der Waals surface area contributed by atoms with Crippen LogP contribution in [0.4, 0.5) is 11.4 Å². The molecule has 0 spiro atoms. The molecule has 0 bridgehead atoms. The summed E-state index contributed by atoms with van der Waals surface area (Å²) in [6, 6.07) is 13.5. The van der Waals surface area contributed by atoms with E-state index in [1.807, 2.05) is 31.2 Å². The van der Waals surface area contributed by atoms with E-state index in [9.17, 15) is 14.4 Å². The van der Waals surface area contributed by atoms with Gasteiger partial charge in [-0.3, -0.25) is 9.59 Å². The fraction of sp³-hybridized carbons (Fsp3) is 0.150. The zero-order valence-corrected chi connectivity index (χ0v) is 15.5. The highest BCUT2D eigenvalue weighted by atomic mass is 35.5. The molecule has 0 aromatic heterocycles. The molecule has 6 nitrogen and oxygen atoms in total. The van der Waals surface area contributed by atoms with Gasteiger partial charge < -0.3 is 10.1 Å². The van der Waals surface area contributed by atoms with Gasteiger partial charge in [0, 0.05) is 5.69 Å². The van der Waals surface area contributed by atoms with Crippen LogP contribution in [0.3, 0.4) is 0 Å². The Labute approximate surface area is 161 Å². The van der Waals surface area contributed by atoms with Crippen molar-refractivity contribution < 1.29 is 19.1 Å². The monoisotopic (exact) mass is 384 g/mol. The Balaban J connectivity index is 1.94. The van der Waals surface area contributed by atoms with Crippen LogP contribution >= 0.6 is 11.6 Å². The van der Waals surface area contributed by atoms with E-state index in [-0.39, 0.29) is 22.0 Å². The summed E-state index contributed by atoms with van der Waals surface area (Å²) in [5, 5.41) is 2.78. The Bertz CT molecular complexity index is 968. The Morgan fingerprint density at radius 3 is 2.56 bits per heavy atom. The minimum Gasteiger partial charge on any atom is -0.465 e. The van der Waals surface area contributed by atoms with Gasteiger partial charge in [-0.25, -0.2) is 9.69 Å². The second-order valence-corrected chi connectivity index (χ2v) is 6.19. The number of hydrogen-bond donors (Lipinski definition) is 1. The van der Waals surface area contributed by atoms with Crippen LogP contribution in [-0.2, 0) is 20.7 Å². The molecule has 0 saturated carbocycles. The first kappa shape index (κ1) is 18.7. The molecular formula is C20H17ClN2O4. The SMILES string of the molecule is CCc1ccccc1NC1=C(Cl)C(=O)N(c2cccc(C(=O)OC)c2)C1=O. The average Bonchev–Trinajstić information content (AvgIpc) is 2.91. The molecule has 0 radical (unpaired) electrons. The number of carbonyl (C=O) groups excluding carboxylic acids is 3. The number of halogens is 1. The Kier molecular flexibility index (Phi) is 5.28. The molecule has 1 heterocycles. The minimum atomic E-state index is -0.653. The molecule has 2 amide bonds. The number of aryl methyl sites for hydroxylation is 1. The van der Waals surface area contributed by atoms with Gasteiger partial charge in [0.1, 0.15) is 10.7 Å². The molecule has 1 N–H and O–H groups in total. The van der Waals surface area contributed by atoms with Crippen LogP contribution in [0.5, 0.6) is 0 Å². The van der Waals surface area contributed by atoms with Gasteiger partial charge in [0.05, 0.1) is 18.4 Å². The number of benzene rings is 2. The molecular weight excluding hydrogens is 368 g/mol. The van der Waals surface area contributed by atoms with Crippen molar-refractivity contribution in [3.8, 4) is 0 Å². The molecule has 1 aliphatic rings. The van der Waals surface area contributed by atoms with Crippen molar-refractivity contribution in [1.29, 1.82) is 0 Å². The first-order valence-electron chi connectivity index (χ1n) is 8.29. The number of esters is 1. The van der Waals surface area contributed by atoms with Crippen molar-refractivity contribution in [2.24, 2.45) is 0 Å². The lowest BCUT2D eigenvalue weighted by Crippen LogP contribution is -2.32. The number of rotatable bonds is 5. The predicted octanol–water partition coefficient (Wildman–Crippen LogP) is 3.47. The molecule has 138 valence electrons. The second-order valence-electron chi connectivity index (χ2n) is 5.81. The molecule has 0 atom stereocenters. The Hall–Kier alpha value is -3.12. The van der Waals surface area contributed by atoms with E-state index in [4.69, 9.17) is 11.6 Å². The number of nitrogens with one attached hydrogen (secondary N) is 1. The first-order chi connectivity index (χ1) is 13.0. The van der Waals surface area contributed by atoms with Crippen molar-refractivity contribution in [3.05, 3.63) is 70.4 Å². The third-order valence-electron chi connectivity index (χ3n) is 4.21. The van der Waals surface area contributed by atoms with Crippen LogP contribution in [0.2, 0.25) is 0 Å². The number of ether oxygens (including phenoxy) is 1. The van der Waals surface area contributed by atoms with E-state index in [0.717, 1.165) is 16.9 Å². The van der Waals surface area contributed by atoms with E-state index < -0.39 is 17.8 Å². The zero-order chi connectivity index (χ0) is 19.6. The van der Waals surface area contributed by atoms with Crippen LogP contribution in [0.1, 0.15) is 22.8 Å². The van der Waals surface area contributed by atoms with Crippen LogP contribution < -0.4 is 10.2 Å². The van der Waals surface area contributed by atoms with E-state index >= 15 is 0 Å². The fourth-order valence-corrected chi connectivity index (χ4v) is 3.03. The summed E-state index contributed by atoms with van der Waals surface area (Å²) < 4.78 is 4.68. The molecule has 1 aliphatic heterocycles. The van der Waals surface area contributed by atoms with Gasteiger partial charge in [0.2, 0.25) is 0 Å². The number of nitrogens with zero attached hydrogens (tertiary/aromatic N) is 1. The summed E-state index contributed by atoms with van der Waals surface area (Å²) in [4.78, 5) is 38.1. The summed E-state index contributed by atoms with van der Waals surface area (Å²) in [5.74, 6) is -1.80. The first-order valence-corrected chi connectivity index (χ1v) is 8.67. The molecule has 2 aromatic carbocycles. The van der Waals surface area contributed by atoms with E-state index in [1.165, 1.54) is 19.2 Å². The standard InChI is InChI=1S/C20H17ClN2O4/c1-3-12-7-4-5-10-15(12)22-17-16(21)18(24)23(19(17)25)14-9-6-8-13(11-14)20(26)27-2/h4-11,22H,3H2,1-2H3. The number of para-hydroxylation sites is 1. The van der Waals surface area contributed by atoms with Crippen LogP contribution in [0, 0.1) is 0 Å². The lowest BCUT2D eigenvalue weighted by molar-refractivity contribution is -0.120. The zero-order valence-electron chi connectivity index (χ0n) is 14.8. The third-order valence-corrected chi connectivity index (χ3v) is 4.56. The Morgan fingerprint density at radius 1 is 1.11 bits per heavy atom. The average molecular weight is 385 g/mol. The third kappa shape index (κ3) is 3.44. The molecule has 0 fully saturated rings. The smallest absolute Gasteiger partial charge is 0.337 e. The second kappa shape index (κ2) is 7.63. The minimum absolute atomic E-state index is 0.00559. The van der Waals surface area contributed by atoms with E-state index in [0.29, 0.717) is 5.69 Å². The van der Waals surface area contributed by atoms with Crippen LogP contribution in [0.25, 0.3) is 0 Å². The number of carbonyl (C=O) groups is 3. The van der Waals surface area contributed by atoms with Gasteiger partial charge in [-0.2, -0.15) is 0 Å². The van der Waals surface area contributed by atoms with Crippen molar-refractivity contribution in [1.82, 2.24) is 0 Å². The molecule has 2 aromatic rings. The number of anilines is 2. The van der Waals surface area contributed by atoms with E-state index in [2.05, 4.69) is 10.1 Å². The molecule has 7 heteroatoms. The van der Waals surface area contributed by atoms with Gasteiger partial charge in [-0.15, -0.1) is 0 Å². The summed E-state index contributed by atoms with van der Waals surface area (Å²) in [6.07, 6.45) is 0.751. The summed E-state index contributed by atoms with van der Waals surface area (Å²) in [7, 11) is 1.26. The summed E-state index contributed by atoms with van der Waals surface area (Å²) >= 11 is 6.16. The molecule has 0 saturated heterocycles. The number of methoxy groups -OCH3 is 1. The molecule has 0 unspecified atom stereocenters.